The standard InChI is InChI=1S/C13H20N4OS/c1-9-8-10-11(17(3)6-5-7-18-4)15-13(14-2)16-12(10)19-9/h8H,5-7H2,1-4H3,(H,14,15,16). The summed E-state index contributed by atoms with van der Waals surface area (Å²) in [4.78, 5) is 13.5. The van der Waals surface area contributed by atoms with Gasteiger partial charge in [0.15, 0.2) is 0 Å². The van der Waals surface area contributed by atoms with E-state index >= 15 is 0 Å². The zero-order valence-electron chi connectivity index (χ0n) is 11.9. The molecule has 0 aromatic carbocycles. The van der Waals surface area contributed by atoms with E-state index in [1.54, 1.807) is 18.4 Å². The van der Waals surface area contributed by atoms with Crippen LogP contribution in [-0.4, -0.2) is 44.3 Å². The van der Waals surface area contributed by atoms with Gasteiger partial charge in [0.25, 0.3) is 0 Å². The lowest BCUT2D eigenvalue weighted by Gasteiger charge is -2.19. The summed E-state index contributed by atoms with van der Waals surface area (Å²) < 4.78 is 5.09. The van der Waals surface area contributed by atoms with Crippen LogP contribution in [0.25, 0.3) is 10.2 Å². The van der Waals surface area contributed by atoms with Crippen molar-refractivity contribution in [3.05, 3.63) is 10.9 Å². The smallest absolute Gasteiger partial charge is 0.225 e. The van der Waals surface area contributed by atoms with Gasteiger partial charge in [-0.1, -0.05) is 0 Å². The molecule has 0 aliphatic carbocycles. The maximum absolute atomic E-state index is 5.09. The number of nitrogens with zero attached hydrogens (tertiary/aromatic N) is 3. The summed E-state index contributed by atoms with van der Waals surface area (Å²) >= 11 is 1.70. The van der Waals surface area contributed by atoms with Gasteiger partial charge in [0.1, 0.15) is 10.6 Å². The Balaban J connectivity index is 2.33. The highest BCUT2D eigenvalue weighted by atomic mass is 32.1. The van der Waals surface area contributed by atoms with Crippen LogP contribution >= 0.6 is 11.3 Å². The molecule has 0 spiro atoms. The number of anilines is 2. The Kier molecular flexibility index (Phi) is 4.55. The minimum atomic E-state index is 0.669. The Morgan fingerprint density at radius 3 is 2.89 bits per heavy atom. The monoisotopic (exact) mass is 280 g/mol. The van der Waals surface area contributed by atoms with Crippen molar-refractivity contribution in [1.29, 1.82) is 0 Å². The van der Waals surface area contributed by atoms with Gasteiger partial charge in [-0.3, -0.25) is 0 Å². The fraction of sp³-hybridized carbons (Fsp3) is 0.538. The summed E-state index contributed by atoms with van der Waals surface area (Å²) in [7, 11) is 5.63. The molecule has 104 valence electrons. The largest absolute Gasteiger partial charge is 0.385 e. The maximum atomic E-state index is 5.09. The van der Waals surface area contributed by atoms with Crippen LogP contribution in [0, 0.1) is 6.92 Å². The summed E-state index contributed by atoms with van der Waals surface area (Å²) in [5.41, 5.74) is 0. The van der Waals surface area contributed by atoms with Crippen molar-refractivity contribution in [2.45, 2.75) is 13.3 Å². The Labute approximate surface area is 117 Å². The lowest BCUT2D eigenvalue weighted by Crippen LogP contribution is -2.21. The first-order valence-corrected chi connectivity index (χ1v) is 7.13. The number of thiophene rings is 1. The van der Waals surface area contributed by atoms with Crippen molar-refractivity contribution in [3.63, 3.8) is 0 Å². The van der Waals surface area contributed by atoms with E-state index in [0.29, 0.717) is 5.95 Å². The molecule has 6 heteroatoms. The van der Waals surface area contributed by atoms with Crippen molar-refractivity contribution in [1.82, 2.24) is 9.97 Å². The van der Waals surface area contributed by atoms with E-state index in [0.717, 1.165) is 35.6 Å². The van der Waals surface area contributed by atoms with Crippen molar-refractivity contribution in [3.8, 4) is 0 Å². The molecule has 19 heavy (non-hydrogen) atoms. The van der Waals surface area contributed by atoms with E-state index in [1.165, 1.54) is 4.88 Å². The van der Waals surface area contributed by atoms with Crippen LogP contribution in [0.1, 0.15) is 11.3 Å². The maximum Gasteiger partial charge on any atom is 0.225 e. The number of aryl methyl sites for hydroxylation is 1. The number of methoxy groups -OCH3 is 1. The molecule has 0 fully saturated rings. The molecular weight excluding hydrogens is 260 g/mol. The summed E-state index contributed by atoms with van der Waals surface area (Å²) in [5.74, 6) is 1.65. The first-order chi connectivity index (χ1) is 9.15. The predicted octanol–water partition coefficient (Wildman–Crippen LogP) is 2.51. The number of hydrogen-bond donors (Lipinski definition) is 1. The molecule has 0 saturated carbocycles. The zero-order chi connectivity index (χ0) is 13.8. The normalized spacial score (nSPS) is 10.9. The average Bonchev–Trinajstić information content (AvgIpc) is 2.77. The molecule has 0 amide bonds. The number of nitrogens with one attached hydrogen (secondary N) is 1. The van der Waals surface area contributed by atoms with Gasteiger partial charge >= 0.3 is 0 Å². The molecule has 0 atom stereocenters. The first-order valence-electron chi connectivity index (χ1n) is 6.31. The van der Waals surface area contributed by atoms with Gasteiger partial charge in [0.05, 0.1) is 5.39 Å². The van der Waals surface area contributed by atoms with Crippen LogP contribution < -0.4 is 10.2 Å². The molecule has 0 aliphatic heterocycles. The van der Waals surface area contributed by atoms with Crippen LogP contribution in [0.3, 0.4) is 0 Å². The zero-order valence-corrected chi connectivity index (χ0v) is 12.7. The molecule has 1 N–H and O–H groups in total. The van der Waals surface area contributed by atoms with Crippen molar-refractivity contribution < 1.29 is 4.74 Å². The summed E-state index contributed by atoms with van der Waals surface area (Å²) in [6, 6.07) is 2.15. The fourth-order valence-corrected chi connectivity index (χ4v) is 2.86. The molecule has 5 nitrogen and oxygen atoms in total. The van der Waals surface area contributed by atoms with E-state index < -0.39 is 0 Å². The van der Waals surface area contributed by atoms with Crippen molar-refractivity contribution in [2.75, 3.05) is 44.6 Å². The van der Waals surface area contributed by atoms with Crippen LogP contribution in [0.15, 0.2) is 6.07 Å². The summed E-state index contributed by atoms with van der Waals surface area (Å²) in [6.45, 7) is 3.78. The van der Waals surface area contributed by atoms with Gasteiger partial charge in [-0.2, -0.15) is 4.98 Å². The SMILES string of the molecule is CNc1nc(N(C)CCCOC)c2cc(C)sc2n1. The fourth-order valence-electron chi connectivity index (χ4n) is 1.98. The summed E-state index contributed by atoms with van der Waals surface area (Å²) in [6.07, 6.45) is 0.983. The number of rotatable bonds is 6. The molecule has 0 radical (unpaired) electrons. The molecule has 0 unspecified atom stereocenters. The van der Waals surface area contributed by atoms with Crippen LogP contribution in [0.5, 0.6) is 0 Å². The first kappa shape index (κ1) is 14.0. The van der Waals surface area contributed by atoms with Gasteiger partial charge in [0, 0.05) is 39.2 Å². The van der Waals surface area contributed by atoms with Crippen molar-refractivity contribution >= 4 is 33.3 Å². The molecule has 2 rings (SSSR count). The number of fused-ring (bicyclic) bond motifs is 1. The third kappa shape index (κ3) is 3.13. The highest BCUT2D eigenvalue weighted by Gasteiger charge is 2.13. The van der Waals surface area contributed by atoms with Gasteiger partial charge in [0.2, 0.25) is 5.95 Å². The average molecular weight is 280 g/mol. The van der Waals surface area contributed by atoms with Gasteiger partial charge < -0.3 is 15.0 Å². The second-order valence-electron chi connectivity index (χ2n) is 4.46. The Hall–Kier alpha value is -1.40. The van der Waals surface area contributed by atoms with Crippen molar-refractivity contribution in [2.24, 2.45) is 0 Å². The molecule has 0 saturated heterocycles. The highest BCUT2D eigenvalue weighted by Crippen LogP contribution is 2.31. The highest BCUT2D eigenvalue weighted by molar-refractivity contribution is 7.18. The molecule has 0 aliphatic rings. The molecule has 2 aromatic heterocycles. The molecule has 2 heterocycles. The van der Waals surface area contributed by atoms with Gasteiger partial charge in [-0.25, -0.2) is 4.98 Å². The van der Waals surface area contributed by atoms with E-state index in [9.17, 15) is 0 Å². The van der Waals surface area contributed by atoms with Crippen LogP contribution in [-0.2, 0) is 4.74 Å². The Morgan fingerprint density at radius 1 is 1.42 bits per heavy atom. The topological polar surface area (TPSA) is 50.3 Å². The lowest BCUT2D eigenvalue weighted by atomic mass is 10.3. The van der Waals surface area contributed by atoms with Crippen LogP contribution in [0.4, 0.5) is 11.8 Å². The van der Waals surface area contributed by atoms with Gasteiger partial charge in [-0.15, -0.1) is 11.3 Å². The second kappa shape index (κ2) is 6.16. The number of hydrogen-bond acceptors (Lipinski definition) is 6. The van der Waals surface area contributed by atoms with E-state index in [2.05, 4.69) is 40.2 Å². The Morgan fingerprint density at radius 2 is 2.21 bits per heavy atom. The van der Waals surface area contributed by atoms with E-state index in [4.69, 9.17) is 4.74 Å². The number of aromatic nitrogens is 2. The number of ether oxygens (including phenoxy) is 1. The molecule has 2 aromatic rings. The lowest BCUT2D eigenvalue weighted by molar-refractivity contribution is 0.196. The molecular formula is C13H20N4OS. The van der Waals surface area contributed by atoms with Gasteiger partial charge in [-0.05, 0) is 19.4 Å². The van der Waals surface area contributed by atoms with E-state index in [-0.39, 0.29) is 0 Å². The van der Waals surface area contributed by atoms with E-state index in [1.807, 2.05) is 7.05 Å². The molecule has 0 bridgehead atoms. The Bertz CT molecular complexity index is 555. The minimum absolute atomic E-state index is 0.669. The third-order valence-electron chi connectivity index (χ3n) is 2.92. The quantitative estimate of drug-likeness (QED) is 0.824. The predicted molar refractivity (Wildman–Crippen MR) is 81.5 cm³/mol. The minimum Gasteiger partial charge on any atom is -0.385 e. The van der Waals surface area contributed by atoms with Crippen LogP contribution in [0.2, 0.25) is 0 Å². The summed E-state index contributed by atoms with van der Waals surface area (Å²) in [5, 5.41) is 4.15. The third-order valence-corrected chi connectivity index (χ3v) is 3.87. The second-order valence-corrected chi connectivity index (χ2v) is 5.70.